The van der Waals surface area contributed by atoms with E-state index >= 15 is 0 Å². The van der Waals surface area contributed by atoms with Crippen LogP contribution in [0.3, 0.4) is 0 Å². The molecule has 0 aliphatic carbocycles. The lowest BCUT2D eigenvalue weighted by Crippen LogP contribution is -2.37. The minimum Gasteiger partial charge on any atom is -0.346 e. The molecule has 3 rings (SSSR count). The Morgan fingerprint density at radius 1 is 1.29 bits per heavy atom. The molecule has 14 heteroatoms. The summed E-state index contributed by atoms with van der Waals surface area (Å²) in [6.45, 7) is 1.38. The topological polar surface area (TPSA) is 146 Å². The van der Waals surface area contributed by atoms with E-state index in [0.717, 1.165) is 18.3 Å². The van der Waals surface area contributed by atoms with Crippen LogP contribution in [0.5, 0.6) is 0 Å². The number of Topliss-reactive ketones (excluding diaryl/α,β-unsaturated/α-hetero) is 1. The van der Waals surface area contributed by atoms with Gasteiger partial charge in [-0.3, -0.25) is 14.4 Å². The van der Waals surface area contributed by atoms with Gasteiger partial charge in [0.05, 0.1) is 24.2 Å². The summed E-state index contributed by atoms with van der Waals surface area (Å²) in [5.74, 6) is -3.99. The van der Waals surface area contributed by atoms with Gasteiger partial charge in [0, 0.05) is 24.5 Å². The molecule has 3 aromatic rings. The molecular formula is C21H17F4N7O3. The first-order valence-electron chi connectivity index (χ1n) is 9.85. The van der Waals surface area contributed by atoms with Gasteiger partial charge >= 0.3 is 6.18 Å². The van der Waals surface area contributed by atoms with Crippen LogP contribution >= 0.6 is 0 Å². The summed E-state index contributed by atoms with van der Waals surface area (Å²) >= 11 is 0. The SMILES string of the molecule is Cc1c(C(=O)C(=O)NC(CC(F)(F)F)c2cn[nH]n2)cn(C)c1C(=O)Nc1ccc(F)c(C#N)c1. The van der Waals surface area contributed by atoms with E-state index in [1.54, 1.807) is 6.07 Å². The molecule has 2 heterocycles. The van der Waals surface area contributed by atoms with Crippen LogP contribution in [0.25, 0.3) is 0 Å². The highest BCUT2D eigenvalue weighted by Gasteiger charge is 2.36. The minimum absolute atomic E-state index is 0.0349. The summed E-state index contributed by atoms with van der Waals surface area (Å²) < 4.78 is 53.6. The van der Waals surface area contributed by atoms with E-state index in [1.807, 2.05) is 5.32 Å². The lowest BCUT2D eigenvalue weighted by Gasteiger charge is -2.17. The van der Waals surface area contributed by atoms with Crippen molar-refractivity contribution in [1.29, 1.82) is 5.26 Å². The van der Waals surface area contributed by atoms with E-state index in [-0.39, 0.29) is 33.8 Å². The molecule has 0 aliphatic heterocycles. The van der Waals surface area contributed by atoms with Crippen molar-refractivity contribution in [2.45, 2.75) is 25.6 Å². The maximum Gasteiger partial charge on any atom is 0.391 e. The maximum absolute atomic E-state index is 13.5. The van der Waals surface area contributed by atoms with Gasteiger partial charge in [0.2, 0.25) is 0 Å². The first-order valence-corrected chi connectivity index (χ1v) is 9.85. The third-order valence-corrected chi connectivity index (χ3v) is 4.98. The molecule has 0 radical (unpaired) electrons. The molecule has 0 saturated carbocycles. The maximum atomic E-state index is 13.5. The summed E-state index contributed by atoms with van der Waals surface area (Å²) in [7, 11) is 1.42. The largest absolute Gasteiger partial charge is 0.391 e. The Labute approximate surface area is 194 Å². The number of aryl methyl sites for hydroxylation is 1. The Bertz CT molecular complexity index is 1320. The van der Waals surface area contributed by atoms with Crippen molar-refractivity contribution in [1.82, 2.24) is 25.3 Å². The molecule has 182 valence electrons. The third-order valence-electron chi connectivity index (χ3n) is 4.98. The molecule has 0 bridgehead atoms. The van der Waals surface area contributed by atoms with Gasteiger partial charge in [0.25, 0.3) is 17.6 Å². The van der Waals surface area contributed by atoms with Gasteiger partial charge < -0.3 is 15.2 Å². The van der Waals surface area contributed by atoms with Crippen molar-refractivity contribution in [2.75, 3.05) is 5.32 Å². The molecule has 2 amide bonds. The molecule has 2 aromatic heterocycles. The number of carbonyl (C=O) groups is 3. The molecule has 0 aliphatic rings. The molecule has 1 atom stereocenters. The number of amides is 2. The lowest BCUT2D eigenvalue weighted by atomic mass is 10.1. The fourth-order valence-corrected chi connectivity index (χ4v) is 3.37. The van der Waals surface area contributed by atoms with Crippen LogP contribution < -0.4 is 10.6 Å². The Balaban J connectivity index is 1.82. The Hall–Kier alpha value is -4.54. The number of benzene rings is 1. The lowest BCUT2D eigenvalue weighted by molar-refractivity contribution is -0.142. The average Bonchev–Trinajstić information content (AvgIpc) is 3.41. The molecule has 0 fully saturated rings. The standard InChI is InChI=1S/C21H17F4N7O3/c1-10-13(18(33)20(35)29-15(6-21(23,24)25)16-8-27-31-30-16)9-32(2)17(10)19(34)28-12-3-4-14(22)11(5-12)7-26/h3-5,8-9,15H,6H2,1-2H3,(H,28,34)(H,29,35)(H,27,30,31). The molecule has 3 N–H and O–H groups in total. The summed E-state index contributed by atoms with van der Waals surface area (Å²) in [5.41, 5.74) is -0.558. The zero-order chi connectivity index (χ0) is 25.9. The van der Waals surface area contributed by atoms with E-state index < -0.39 is 42.1 Å². The van der Waals surface area contributed by atoms with Crippen molar-refractivity contribution >= 4 is 23.3 Å². The molecule has 0 saturated heterocycles. The first kappa shape index (κ1) is 25.1. The van der Waals surface area contributed by atoms with Gasteiger partial charge in [-0.15, -0.1) is 0 Å². The number of hydrogen-bond acceptors (Lipinski definition) is 6. The highest BCUT2D eigenvalue weighted by atomic mass is 19.4. The first-order chi connectivity index (χ1) is 16.4. The number of carbonyl (C=O) groups excluding carboxylic acids is 3. The number of alkyl halides is 3. The van der Waals surface area contributed by atoms with Crippen LogP contribution in [-0.2, 0) is 11.8 Å². The highest BCUT2D eigenvalue weighted by molar-refractivity contribution is 6.43. The molecular weight excluding hydrogens is 474 g/mol. The van der Waals surface area contributed by atoms with Crippen LogP contribution in [-0.4, -0.2) is 43.8 Å². The summed E-state index contributed by atoms with van der Waals surface area (Å²) in [6.07, 6.45) is -3.97. The van der Waals surface area contributed by atoms with Crippen LogP contribution in [0.4, 0.5) is 23.2 Å². The average molecular weight is 491 g/mol. The molecule has 35 heavy (non-hydrogen) atoms. The van der Waals surface area contributed by atoms with E-state index in [4.69, 9.17) is 5.26 Å². The van der Waals surface area contributed by atoms with Crippen molar-refractivity contribution in [3.05, 3.63) is 64.5 Å². The summed E-state index contributed by atoms with van der Waals surface area (Å²) in [6, 6.07) is 3.33. The quantitative estimate of drug-likeness (QED) is 0.263. The second kappa shape index (κ2) is 9.75. The van der Waals surface area contributed by atoms with Crippen molar-refractivity contribution < 1.29 is 31.9 Å². The molecule has 1 aromatic carbocycles. The van der Waals surface area contributed by atoms with E-state index in [2.05, 4.69) is 20.7 Å². The van der Waals surface area contributed by atoms with E-state index in [1.165, 1.54) is 30.8 Å². The minimum atomic E-state index is -4.67. The molecule has 1 unspecified atom stereocenters. The number of nitriles is 1. The van der Waals surface area contributed by atoms with Crippen molar-refractivity contribution in [3.63, 3.8) is 0 Å². The fraction of sp³-hybridized carbons (Fsp3) is 0.238. The number of nitrogens with zero attached hydrogens (tertiary/aromatic N) is 4. The molecule has 10 nitrogen and oxygen atoms in total. The second-order valence-corrected chi connectivity index (χ2v) is 7.46. The monoisotopic (exact) mass is 491 g/mol. The van der Waals surface area contributed by atoms with Crippen molar-refractivity contribution in [3.8, 4) is 6.07 Å². The number of aromatic nitrogens is 4. The number of halogens is 4. The van der Waals surface area contributed by atoms with Gasteiger partial charge in [-0.25, -0.2) is 4.39 Å². The number of nitrogens with one attached hydrogen (secondary N) is 3. The number of aromatic amines is 1. The van der Waals surface area contributed by atoms with Crippen molar-refractivity contribution in [2.24, 2.45) is 7.05 Å². The van der Waals surface area contributed by atoms with Crippen LogP contribution in [0.2, 0.25) is 0 Å². The molecule has 0 spiro atoms. The van der Waals surface area contributed by atoms with Gasteiger partial charge in [0.15, 0.2) is 0 Å². The zero-order valence-corrected chi connectivity index (χ0v) is 18.2. The normalized spacial score (nSPS) is 12.0. The van der Waals surface area contributed by atoms with Gasteiger partial charge in [-0.2, -0.15) is 33.8 Å². The second-order valence-electron chi connectivity index (χ2n) is 7.46. The number of rotatable bonds is 7. The number of ketones is 1. The summed E-state index contributed by atoms with van der Waals surface area (Å²) in [4.78, 5) is 38.0. The highest BCUT2D eigenvalue weighted by Crippen LogP contribution is 2.28. The van der Waals surface area contributed by atoms with Gasteiger partial charge in [-0.05, 0) is 30.7 Å². The Morgan fingerprint density at radius 2 is 2.00 bits per heavy atom. The van der Waals surface area contributed by atoms with Crippen LogP contribution in [0.15, 0.2) is 30.6 Å². The van der Waals surface area contributed by atoms with E-state index in [0.29, 0.717) is 0 Å². The Morgan fingerprint density at radius 3 is 2.60 bits per heavy atom. The third kappa shape index (κ3) is 5.69. The van der Waals surface area contributed by atoms with Crippen LogP contribution in [0.1, 0.15) is 50.1 Å². The zero-order valence-electron chi connectivity index (χ0n) is 18.2. The predicted octanol–water partition coefficient (Wildman–Crippen LogP) is 2.71. The van der Waals surface area contributed by atoms with Gasteiger partial charge in [-0.1, -0.05) is 0 Å². The van der Waals surface area contributed by atoms with E-state index in [9.17, 15) is 31.9 Å². The Kier molecular flexibility index (Phi) is 6.99. The number of anilines is 1. The van der Waals surface area contributed by atoms with Gasteiger partial charge in [0.1, 0.15) is 23.3 Å². The number of hydrogen-bond donors (Lipinski definition) is 3. The fourth-order valence-electron chi connectivity index (χ4n) is 3.37. The smallest absolute Gasteiger partial charge is 0.346 e. The summed E-state index contributed by atoms with van der Waals surface area (Å²) in [5, 5.41) is 22.5. The number of H-pyrrole nitrogens is 1. The predicted molar refractivity (Wildman–Crippen MR) is 111 cm³/mol. The van der Waals surface area contributed by atoms with Crippen LogP contribution in [0, 0.1) is 24.1 Å².